The lowest BCUT2D eigenvalue weighted by atomic mass is 9.85. The molecule has 0 aromatic heterocycles. The maximum Gasteiger partial charge on any atom is 0.0448 e. The minimum absolute atomic E-state index is 0. The van der Waals surface area contributed by atoms with Crippen LogP contribution in [-0.4, -0.2) is 42.1 Å². The fourth-order valence-corrected chi connectivity index (χ4v) is 4.36. The lowest BCUT2D eigenvalue weighted by Crippen LogP contribution is -2.47. The summed E-state index contributed by atoms with van der Waals surface area (Å²) >= 11 is 0. The third kappa shape index (κ3) is 22.7. The van der Waals surface area contributed by atoms with Gasteiger partial charge >= 0.3 is 0 Å². The van der Waals surface area contributed by atoms with Crippen LogP contribution in [0.5, 0.6) is 0 Å². The Morgan fingerprint density at radius 3 is 1.32 bits per heavy atom. The Morgan fingerprint density at radius 2 is 0.968 bits per heavy atom. The van der Waals surface area contributed by atoms with E-state index in [9.17, 15) is 10.2 Å². The first-order valence-electron chi connectivity index (χ1n) is 12.9. The summed E-state index contributed by atoms with van der Waals surface area (Å²) in [5.41, 5.74) is 5.49. The average Bonchev–Trinajstić information content (AvgIpc) is 2.71. The Balaban J connectivity index is -0.00000392. The van der Waals surface area contributed by atoms with Crippen LogP contribution in [0.4, 0.5) is 9.41 Å². The van der Waals surface area contributed by atoms with E-state index in [-0.39, 0.29) is 28.2 Å². The fraction of sp³-hybridized carbons (Fsp3) is 1.00. The first kappa shape index (κ1) is 35.3. The number of rotatable bonds is 24. The van der Waals surface area contributed by atoms with Gasteiger partial charge in [-0.05, 0) is 38.8 Å². The van der Waals surface area contributed by atoms with Crippen LogP contribution in [0.1, 0.15) is 129 Å². The minimum Gasteiger partial charge on any atom is -0.396 e. The highest BCUT2D eigenvalue weighted by Gasteiger charge is 2.27. The highest BCUT2D eigenvalue weighted by Crippen LogP contribution is 2.24. The van der Waals surface area contributed by atoms with Crippen LogP contribution in [0.3, 0.4) is 0 Å². The molecule has 0 aromatic carbocycles. The van der Waals surface area contributed by atoms with E-state index in [2.05, 4.69) is 12.2 Å². The summed E-state index contributed by atoms with van der Waals surface area (Å²) in [5.74, 6) is 0. The molecule has 0 aliphatic rings. The van der Waals surface area contributed by atoms with Crippen molar-refractivity contribution in [1.82, 2.24) is 5.32 Å². The van der Waals surface area contributed by atoms with E-state index in [4.69, 9.17) is 5.73 Å². The first-order chi connectivity index (χ1) is 14.2. The molecular formula is C25H56F2N2O2. The number of hydrogen-bond donors (Lipinski definition) is 4. The van der Waals surface area contributed by atoms with Crippen molar-refractivity contribution in [2.75, 3.05) is 26.3 Å². The van der Waals surface area contributed by atoms with Gasteiger partial charge in [-0.15, -0.1) is 0 Å². The van der Waals surface area contributed by atoms with Gasteiger partial charge in [-0.3, -0.25) is 9.41 Å². The topological polar surface area (TPSA) is 78.5 Å². The molecule has 0 heterocycles. The lowest BCUT2D eigenvalue weighted by Gasteiger charge is -2.34. The zero-order chi connectivity index (χ0) is 21.5. The van der Waals surface area contributed by atoms with E-state index < -0.39 is 0 Å². The Bertz CT molecular complexity index is 318. The van der Waals surface area contributed by atoms with Crippen LogP contribution in [0, 0.1) is 0 Å². The molecule has 31 heavy (non-hydrogen) atoms. The largest absolute Gasteiger partial charge is 0.396 e. The summed E-state index contributed by atoms with van der Waals surface area (Å²) in [4.78, 5) is 0. The van der Waals surface area contributed by atoms with Crippen LogP contribution in [0.25, 0.3) is 0 Å². The van der Waals surface area contributed by atoms with Gasteiger partial charge in [-0.2, -0.15) is 0 Å². The molecule has 0 rings (SSSR count). The maximum absolute atomic E-state index is 9.46. The standard InChI is InChI=1S/C25H54N2O2.2FH/c1-2-3-4-5-6-7-8-9-10-11-12-13-14-15-16-18-25(19-23-28,20-24-29)27-22-17-21-26;;/h27-29H,2-24,26H2,1H3;2*1H. The van der Waals surface area contributed by atoms with Crippen molar-refractivity contribution in [1.29, 1.82) is 0 Å². The second kappa shape index (κ2) is 27.7. The molecule has 0 saturated carbocycles. The average molecular weight is 455 g/mol. The molecule has 5 N–H and O–H groups in total. The molecule has 4 nitrogen and oxygen atoms in total. The quantitative estimate of drug-likeness (QED) is 0.135. The predicted octanol–water partition coefficient (Wildman–Crippen LogP) is 5.99. The molecule has 0 spiro atoms. The van der Waals surface area contributed by atoms with Gasteiger partial charge in [0.15, 0.2) is 0 Å². The molecule has 0 unspecified atom stereocenters. The van der Waals surface area contributed by atoms with E-state index in [0.717, 1.165) is 32.2 Å². The van der Waals surface area contributed by atoms with Gasteiger partial charge in [0.1, 0.15) is 0 Å². The highest BCUT2D eigenvalue weighted by atomic mass is 19.0. The molecule has 0 atom stereocenters. The fourth-order valence-electron chi connectivity index (χ4n) is 4.36. The van der Waals surface area contributed by atoms with Crippen molar-refractivity contribution in [2.45, 2.75) is 134 Å². The number of halogens is 2. The Kier molecular flexibility index (Phi) is 31.6. The first-order valence-corrected chi connectivity index (χ1v) is 12.9. The summed E-state index contributed by atoms with van der Waals surface area (Å²) in [7, 11) is 0. The van der Waals surface area contributed by atoms with Gasteiger partial charge in [0, 0.05) is 18.8 Å². The Hall–Kier alpha value is -0.300. The number of aliphatic hydroxyl groups is 2. The SMILES string of the molecule is CCCCCCCCCCCCCCCCCC(CCO)(CCO)NCCCN.F.F. The van der Waals surface area contributed by atoms with Crippen molar-refractivity contribution in [3.63, 3.8) is 0 Å². The molecule has 0 aliphatic heterocycles. The number of nitrogens with one attached hydrogen (secondary N) is 1. The van der Waals surface area contributed by atoms with Crippen LogP contribution in [-0.2, 0) is 0 Å². The summed E-state index contributed by atoms with van der Waals surface area (Å²) in [6.07, 6.45) is 24.1. The molecule has 0 fully saturated rings. The number of nitrogens with two attached hydrogens (primary N) is 1. The van der Waals surface area contributed by atoms with Gasteiger partial charge in [0.05, 0.1) is 0 Å². The van der Waals surface area contributed by atoms with Gasteiger partial charge < -0.3 is 21.3 Å². The molecule has 0 amide bonds. The normalized spacial score (nSPS) is 11.2. The summed E-state index contributed by atoms with van der Waals surface area (Å²) in [6, 6.07) is 0. The molecule has 0 bridgehead atoms. The summed E-state index contributed by atoms with van der Waals surface area (Å²) < 4.78 is 0. The van der Waals surface area contributed by atoms with Crippen LogP contribution in [0.15, 0.2) is 0 Å². The van der Waals surface area contributed by atoms with Crippen molar-refractivity contribution in [3.05, 3.63) is 0 Å². The van der Waals surface area contributed by atoms with E-state index >= 15 is 0 Å². The lowest BCUT2D eigenvalue weighted by molar-refractivity contribution is 0.152. The maximum atomic E-state index is 9.46. The zero-order valence-corrected chi connectivity index (χ0v) is 20.6. The summed E-state index contributed by atoms with van der Waals surface area (Å²) in [6.45, 7) is 4.18. The highest BCUT2D eigenvalue weighted by molar-refractivity contribution is 4.87. The van der Waals surface area contributed by atoms with E-state index in [1.165, 1.54) is 96.3 Å². The van der Waals surface area contributed by atoms with Crippen molar-refractivity contribution >= 4 is 0 Å². The molecule has 0 aliphatic carbocycles. The minimum atomic E-state index is -0.116. The van der Waals surface area contributed by atoms with Crippen molar-refractivity contribution in [3.8, 4) is 0 Å². The molecule has 0 saturated heterocycles. The number of hydrogen-bond acceptors (Lipinski definition) is 4. The van der Waals surface area contributed by atoms with Crippen molar-refractivity contribution in [2.24, 2.45) is 5.73 Å². The third-order valence-electron chi connectivity index (χ3n) is 6.32. The Labute approximate surface area is 191 Å². The van der Waals surface area contributed by atoms with Crippen LogP contribution >= 0.6 is 0 Å². The van der Waals surface area contributed by atoms with Gasteiger partial charge in [-0.25, -0.2) is 0 Å². The van der Waals surface area contributed by atoms with E-state index in [0.29, 0.717) is 6.54 Å². The van der Waals surface area contributed by atoms with Gasteiger partial charge in [0.2, 0.25) is 0 Å². The number of aliphatic hydroxyl groups excluding tert-OH is 2. The number of unbranched alkanes of at least 4 members (excludes halogenated alkanes) is 14. The third-order valence-corrected chi connectivity index (χ3v) is 6.32. The molecule has 6 heteroatoms. The van der Waals surface area contributed by atoms with E-state index in [1.807, 2.05) is 0 Å². The molecular weight excluding hydrogens is 398 g/mol. The summed E-state index contributed by atoms with van der Waals surface area (Å²) in [5, 5.41) is 22.5. The van der Waals surface area contributed by atoms with E-state index in [1.54, 1.807) is 0 Å². The Morgan fingerprint density at radius 1 is 0.581 bits per heavy atom. The second-order valence-corrected chi connectivity index (χ2v) is 9.00. The monoisotopic (exact) mass is 454 g/mol. The van der Waals surface area contributed by atoms with Gasteiger partial charge in [-0.1, -0.05) is 103 Å². The second-order valence-electron chi connectivity index (χ2n) is 9.00. The molecule has 0 aromatic rings. The molecule has 192 valence electrons. The zero-order valence-electron chi connectivity index (χ0n) is 20.6. The molecule has 0 radical (unpaired) electrons. The van der Waals surface area contributed by atoms with Crippen LogP contribution < -0.4 is 11.1 Å². The predicted molar refractivity (Wildman–Crippen MR) is 132 cm³/mol. The van der Waals surface area contributed by atoms with Crippen molar-refractivity contribution < 1.29 is 19.6 Å². The van der Waals surface area contributed by atoms with Crippen LogP contribution in [0.2, 0.25) is 0 Å². The van der Waals surface area contributed by atoms with Gasteiger partial charge in [0.25, 0.3) is 0 Å². The smallest absolute Gasteiger partial charge is 0.0448 e.